The van der Waals surface area contributed by atoms with Crippen molar-refractivity contribution in [1.82, 2.24) is 0 Å². The van der Waals surface area contributed by atoms with Crippen LogP contribution >= 0.6 is 0 Å². The Labute approximate surface area is 102 Å². The summed E-state index contributed by atoms with van der Waals surface area (Å²) in [6, 6.07) is 9.78. The molecule has 1 aromatic rings. The molecular formula is C13H19NO3. The number of ether oxygens (including phenoxy) is 2. The highest BCUT2D eigenvalue weighted by molar-refractivity contribution is 5.70. The molecule has 0 aliphatic rings. The number of carbonyl (C=O) groups is 1. The molecule has 0 amide bonds. The first-order valence-electron chi connectivity index (χ1n) is 5.76. The van der Waals surface area contributed by atoms with E-state index < -0.39 is 0 Å². The zero-order valence-corrected chi connectivity index (χ0v) is 10.1. The number of carbonyl (C=O) groups excluding carboxylic acids is 1. The fourth-order valence-electron chi connectivity index (χ4n) is 1.33. The van der Waals surface area contributed by atoms with Crippen molar-refractivity contribution in [3.63, 3.8) is 0 Å². The van der Waals surface area contributed by atoms with Gasteiger partial charge >= 0.3 is 5.97 Å². The van der Waals surface area contributed by atoms with Crippen molar-refractivity contribution >= 4 is 11.7 Å². The van der Waals surface area contributed by atoms with Gasteiger partial charge in [0.1, 0.15) is 0 Å². The molecule has 0 unspecified atom stereocenters. The molecule has 0 spiro atoms. The molecule has 0 radical (unpaired) electrons. The maximum Gasteiger partial charge on any atom is 0.307 e. The number of benzene rings is 1. The lowest BCUT2D eigenvalue weighted by atomic mass is 10.3. The molecule has 0 bridgehead atoms. The summed E-state index contributed by atoms with van der Waals surface area (Å²) in [5, 5.41) is 3.15. The fraction of sp³-hybridized carbons (Fsp3) is 0.462. The monoisotopic (exact) mass is 237 g/mol. The number of nitrogens with one attached hydrogen (secondary N) is 1. The summed E-state index contributed by atoms with van der Waals surface area (Å²) in [5.74, 6) is -0.176. The molecule has 4 heteroatoms. The van der Waals surface area contributed by atoms with E-state index in [1.54, 1.807) is 7.11 Å². The van der Waals surface area contributed by atoms with E-state index in [2.05, 4.69) is 5.32 Å². The van der Waals surface area contributed by atoms with Gasteiger partial charge in [-0.2, -0.15) is 0 Å². The van der Waals surface area contributed by atoms with Crippen molar-refractivity contribution in [3.8, 4) is 0 Å². The van der Waals surface area contributed by atoms with Crippen LogP contribution in [0.15, 0.2) is 30.3 Å². The van der Waals surface area contributed by atoms with Crippen LogP contribution in [0.3, 0.4) is 0 Å². The van der Waals surface area contributed by atoms with Crippen LogP contribution in [-0.4, -0.2) is 32.8 Å². The Morgan fingerprint density at radius 2 is 2.00 bits per heavy atom. The van der Waals surface area contributed by atoms with Gasteiger partial charge in [-0.15, -0.1) is 0 Å². The van der Waals surface area contributed by atoms with Crippen LogP contribution < -0.4 is 5.32 Å². The molecule has 0 saturated heterocycles. The van der Waals surface area contributed by atoms with E-state index in [0.717, 1.165) is 12.1 Å². The van der Waals surface area contributed by atoms with Crippen LogP contribution in [0.1, 0.15) is 12.8 Å². The normalized spacial score (nSPS) is 9.94. The molecule has 4 nitrogen and oxygen atoms in total. The van der Waals surface area contributed by atoms with Crippen LogP contribution in [0.2, 0.25) is 0 Å². The summed E-state index contributed by atoms with van der Waals surface area (Å²) < 4.78 is 9.88. The Bertz CT molecular complexity index is 314. The first-order chi connectivity index (χ1) is 8.33. The van der Waals surface area contributed by atoms with Gasteiger partial charge in [0.05, 0.1) is 13.0 Å². The van der Waals surface area contributed by atoms with Gasteiger partial charge in [0, 0.05) is 32.4 Å². The number of rotatable bonds is 8. The molecule has 0 fully saturated rings. The molecule has 0 saturated carbocycles. The minimum Gasteiger partial charge on any atom is -0.466 e. The molecule has 0 aromatic heterocycles. The SMILES string of the molecule is COCCCOC(=O)CCNc1ccccc1. The number of para-hydroxylation sites is 1. The molecule has 0 heterocycles. The molecule has 0 aliphatic heterocycles. The third-order valence-electron chi connectivity index (χ3n) is 2.19. The number of hydrogen-bond donors (Lipinski definition) is 1. The van der Waals surface area contributed by atoms with Gasteiger partial charge < -0.3 is 14.8 Å². The summed E-state index contributed by atoms with van der Waals surface area (Å²) in [6.45, 7) is 1.64. The van der Waals surface area contributed by atoms with Gasteiger partial charge in [-0.25, -0.2) is 0 Å². The van der Waals surface area contributed by atoms with Crippen molar-refractivity contribution < 1.29 is 14.3 Å². The van der Waals surface area contributed by atoms with Crippen molar-refractivity contribution in [2.75, 3.05) is 32.2 Å². The second-order valence-corrected chi connectivity index (χ2v) is 3.61. The number of esters is 1. The van der Waals surface area contributed by atoms with E-state index in [-0.39, 0.29) is 5.97 Å². The van der Waals surface area contributed by atoms with Crippen molar-refractivity contribution in [2.45, 2.75) is 12.8 Å². The maximum atomic E-state index is 11.3. The Kier molecular flexibility index (Phi) is 6.82. The molecule has 1 aromatic carbocycles. The van der Waals surface area contributed by atoms with Crippen LogP contribution in [0.25, 0.3) is 0 Å². The second-order valence-electron chi connectivity index (χ2n) is 3.61. The van der Waals surface area contributed by atoms with Crippen LogP contribution in [0.4, 0.5) is 5.69 Å². The Morgan fingerprint density at radius 1 is 1.24 bits per heavy atom. The summed E-state index contributed by atoms with van der Waals surface area (Å²) in [6.07, 6.45) is 1.12. The third kappa shape index (κ3) is 6.58. The highest BCUT2D eigenvalue weighted by atomic mass is 16.5. The summed E-state index contributed by atoms with van der Waals surface area (Å²) in [5.41, 5.74) is 1.01. The fourth-order valence-corrected chi connectivity index (χ4v) is 1.33. The van der Waals surface area contributed by atoms with Gasteiger partial charge in [-0.3, -0.25) is 4.79 Å². The predicted molar refractivity (Wildman–Crippen MR) is 67.0 cm³/mol. The third-order valence-corrected chi connectivity index (χ3v) is 2.19. The van der Waals surface area contributed by atoms with Crippen molar-refractivity contribution in [3.05, 3.63) is 30.3 Å². The average molecular weight is 237 g/mol. The van der Waals surface area contributed by atoms with E-state index in [1.807, 2.05) is 30.3 Å². The Balaban J connectivity index is 2.04. The predicted octanol–water partition coefficient (Wildman–Crippen LogP) is 2.07. The molecule has 17 heavy (non-hydrogen) atoms. The first kappa shape index (κ1) is 13.5. The van der Waals surface area contributed by atoms with E-state index in [1.165, 1.54) is 0 Å². The van der Waals surface area contributed by atoms with Crippen molar-refractivity contribution in [1.29, 1.82) is 0 Å². The molecule has 0 atom stereocenters. The average Bonchev–Trinajstić information content (AvgIpc) is 2.36. The lowest BCUT2D eigenvalue weighted by Gasteiger charge is -2.06. The highest BCUT2D eigenvalue weighted by Gasteiger charge is 2.01. The van der Waals surface area contributed by atoms with Gasteiger partial charge in [0.2, 0.25) is 0 Å². The largest absolute Gasteiger partial charge is 0.466 e. The van der Waals surface area contributed by atoms with E-state index >= 15 is 0 Å². The van der Waals surface area contributed by atoms with Crippen LogP contribution in [0, 0.1) is 0 Å². The van der Waals surface area contributed by atoms with Crippen LogP contribution in [-0.2, 0) is 14.3 Å². The molecule has 1 rings (SSSR count). The maximum absolute atomic E-state index is 11.3. The first-order valence-corrected chi connectivity index (χ1v) is 5.76. The standard InChI is InChI=1S/C13H19NO3/c1-16-10-5-11-17-13(15)8-9-14-12-6-3-2-4-7-12/h2-4,6-7,14H,5,8-11H2,1H3. The molecule has 94 valence electrons. The van der Waals surface area contributed by atoms with Crippen LogP contribution in [0.5, 0.6) is 0 Å². The van der Waals surface area contributed by atoms with Gasteiger partial charge in [-0.05, 0) is 12.1 Å². The topological polar surface area (TPSA) is 47.6 Å². The van der Waals surface area contributed by atoms with E-state index in [0.29, 0.717) is 26.2 Å². The number of hydrogen-bond acceptors (Lipinski definition) is 4. The Hall–Kier alpha value is -1.55. The number of methoxy groups -OCH3 is 1. The van der Waals surface area contributed by atoms with Gasteiger partial charge in [0.15, 0.2) is 0 Å². The highest BCUT2D eigenvalue weighted by Crippen LogP contribution is 2.04. The smallest absolute Gasteiger partial charge is 0.307 e. The minimum absolute atomic E-state index is 0.176. The number of anilines is 1. The minimum atomic E-state index is -0.176. The van der Waals surface area contributed by atoms with Gasteiger partial charge in [0.25, 0.3) is 0 Å². The lowest BCUT2D eigenvalue weighted by Crippen LogP contribution is -2.12. The molecular weight excluding hydrogens is 218 g/mol. The molecule has 1 N–H and O–H groups in total. The quantitative estimate of drug-likeness (QED) is 0.555. The van der Waals surface area contributed by atoms with Gasteiger partial charge in [-0.1, -0.05) is 18.2 Å². The zero-order valence-electron chi connectivity index (χ0n) is 10.1. The van der Waals surface area contributed by atoms with E-state index in [4.69, 9.17) is 9.47 Å². The summed E-state index contributed by atoms with van der Waals surface area (Å²) in [7, 11) is 1.63. The summed E-state index contributed by atoms with van der Waals surface area (Å²) >= 11 is 0. The second kappa shape index (κ2) is 8.58. The lowest BCUT2D eigenvalue weighted by molar-refractivity contribution is -0.143. The van der Waals surface area contributed by atoms with Crippen molar-refractivity contribution in [2.24, 2.45) is 0 Å². The summed E-state index contributed by atoms with van der Waals surface area (Å²) in [4.78, 5) is 11.3. The Morgan fingerprint density at radius 3 is 2.71 bits per heavy atom. The zero-order chi connectivity index (χ0) is 12.3. The molecule has 0 aliphatic carbocycles. The van der Waals surface area contributed by atoms with E-state index in [9.17, 15) is 4.79 Å².